The minimum atomic E-state index is -2.43. The summed E-state index contributed by atoms with van der Waals surface area (Å²) >= 11 is 0. The van der Waals surface area contributed by atoms with Crippen LogP contribution in [0.2, 0.25) is 0 Å². The van der Waals surface area contributed by atoms with Gasteiger partial charge in [0.05, 0.1) is 6.10 Å². The van der Waals surface area contributed by atoms with E-state index in [1.807, 2.05) is 6.92 Å². The van der Waals surface area contributed by atoms with Gasteiger partial charge in [0, 0.05) is 19.4 Å². The lowest BCUT2D eigenvalue weighted by molar-refractivity contribution is -0.163. The highest BCUT2D eigenvalue weighted by molar-refractivity contribution is 4.86. The van der Waals surface area contributed by atoms with Gasteiger partial charge in [-0.15, -0.1) is 0 Å². The van der Waals surface area contributed by atoms with E-state index in [4.69, 9.17) is 4.74 Å². The predicted octanol–water partition coefficient (Wildman–Crippen LogP) is 1.82. The second kappa shape index (κ2) is 2.21. The van der Waals surface area contributed by atoms with Gasteiger partial charge in [-0.2, -0.15) is 0 Å². The van der Waals surface area contributed by atoms with Crippen molar-refractivity contribution in [3.63, 3.8) is 0 Å². The van der Waals surface area contributed by atoms with Gasteiger partial charge in [-0.25, -0.2) is 8.78 Å². The molecule has 0 N–H and O–H groups in total. The summed E-state index contributed by atoms with van der Waals surface area (Å²) in [6.07, 6.45) is -0.341. The summed E-state index contributed by atoms with van der Waals surface area (Å²) in [7, 11) is 0. The molecular formula is C6H10F2O. The van der Waals surface area contributed by atoms with Crippen LogP contribution in [0.15, 0.2) is 0 Å². The summed E-state index contributed by atoms with van der Waals surface area (Å²) in [6.45, 7) is 2.36. The van der Waals surface area contributed by atoms with E-state index in [-0.39, 0.29) is 18.9 Å². The minimum absolute atomic E-state index is 0.0825. The zero-order valence-electron chi connectivity index (χ0n) is 5.36. The zero-order valence-corrected chi connectivity index (χ0v) is 5.36. The minimum Gasteiger partial charge on any atom is -0.378 e. The van der Waals surface area contributed by atoms with Gasteiger partial charge in [-0.1, -0.05) is 0 Å². The SMILES string of the molecule is CCOC1CC(F)(F)C1. The van der Waals surface area contributed by atoms with Crippen LogP contribution in [-0.2, 0) is 4.74 Å². The van der Waals surface area contributed by atoms with Crippen LogP contribution < -0.4 is 0 Å². The standard InChI is InChI=1S/C6H10F2O/c1-2-9-5-3-6(7,8)4-5/h5H,2-4H2,1H3. The van der Waals surface area contributed by atoms with Crippen LogP contribution in [0.4, 0.5) is 8.78 Å². The molecule has 1 rings (SSSR count). The number of rotatable bonds is 2. The monoisotopic (exact) mass is 136 g/mol. The van der Waals surface area contributed by atoms with Crippen molar-refractivity contribution in [3.05, 3.63) is 0 Å². The molecule has 3 heteroatoms. The van der Waals surface area contributed by atoms with Crippen LogP contribution in [-0.4, -0.2) is 18.6 Å². The lowest BCUT2D eigenvalue weighted by atomic mass is 9.91. The normalized spacial score (nSPS) is 25.7. The Morgan fingerprint density at radius 1 is 1.56 bits per heavy atom. The van der Waals surface area contributed by atoms with Gasteiger partial charge in [0.25, 0.3) is 5.92 Å². The molecule has 0 aromatic rings. The average molecular weight is 136 g/mol. The molecular weight excluding hydrogens is 126 g/mol. The van der Waals surface area contributed by atoms with Crippen molar-refractivity contribution in [1.29, 1.82) is 0 Å². The molecule has 0 radical (unpaired) electrons. The van der Waals surface area contributed by atoms with Gasteiger partial charge in [0.2, 0.25) is 0 Å². The van der Waals surface area contributed by atoms with Gasteiger partial charge >= 0.3 is 0 Å². The van der Waals surface area contributed by atoms with Crippen molar-refractivity contribution in [2.24, 2.45) is 0 Å². The molecule has 0 spiro atoms. The second-order valence-electron chi connectivity index (χ2n) is 2.34. The Bertz CT molecular complexity index is 95.2. The Morgan fingerprint density at radius 2 is 2.11 bits per heavy atom. The van der Waals surface area contributed by atoms with Crippen LogP contribution in [0, 0.1) is 0 Å². The topological polar surface area (TPSA) is 9.23 Å². The van der Waals surface area contributed by atoms with E-state index in [1.165, 1.54) is 0 Å². The molecule has 0 heterocycles. The first-order chi connectivity index (χ1) is 4.14. The second-order valence-corrected chi connectivity index (χ2v) is 2.34. The number of ether oxygens (including phenoxy) is 1. The van der Waals surface area contributed by atoms with E-state index < -0.39 is 5.92 Å². The molecule has 0 aromatic carbocycles. The third-order valence-electron chi connectivity index (χ3n) is 1.45. The first-order valence-electron chi connectivity index (χ1n) is 3.13. The maximum absolute atomic E-state index is 12.0. The molecule has 0 unspecified atom stereocenters. The maximum Gasteiger partial charge on any atom is 0.253 e. The zero-order chi connectivity index (χ0) is 6.91. The predicted molar refractivity (Wildman–Crippen MR) is 29.6 cm³/mol. The van der Waals surface area contributed by atoms with Crippen molar-refractivity contribution < 1.29 is 13.5 Å². The van der Waals surface area contributed by atoms with Crippen molar-refractivity contribution in [3.8, 4) is 0 Å². The smallest absolute Gasteiger partial charge is 0.253 e. The molecule has 0 aliphatic heterocycles. The van der Waals surface area contributed by atoms with E-state index in [0.717, 1.165) is 0 Å². The lowest BCUT2D eigenvalue weighted by Gasteiger charge is -2.34. The van der Waals surface area contributed by atoms with Gasteiger partial charge in [-0.05, 0) is 6.92 Å². The van der Waals surface area contributed by atoms with Crippen molar-refractivity contribution in [2.75, 3.05) is 6.61 Å². The van der Waals surface area contributed by atoms with Crippen LogP contribution in [0.3, 0.4) is 0 Å². The molecule has 1 aliphatic carbocycles. The van der Waals surface area contributed by atoms with Crippen LogP contribution >= 0.6 is 0 Å². The maximum atomic E-state index is 12.0. The number of alkyl halides is 2. The quantitative estimate of drug-likeness (QED) is 0.562. The van der Waals surface area contributed by atoms with Crippen LogP contribution in [0.25, 0.3) is 0 Å². The molecule has 1 fully saturated rings. The Morgan fingerprint density at radius 3 is 2.44 bits per heavy atom. The van der Waals surface area contributed by atoms with Crippen molar-refractivity contribution >= 4 is 0 Å². The van der Waals surface area contributed by atoms with Gasteiger partial charge in [0.15, 0.2) is 0 Å². The largest absolute Gasteiger partial charge is 0.378 e. The summed E-state index contributed by atoms with van der Waals surface area (Å²) in [5, 5.41) is 0. The fraction of sp³-hybridized carbons (Fsp3) is 1.00. The summed E-state index contributed by atoms with van der Waals surface area (Å²) in [5.74, 6) is -2.43. The fourth-order valence-corrected chi connectivity index (χ4v) is 0.960. The fourth-order valence-electron chi connectivity index (χ4n) is 0.960. The highest BCUT2D eigenvalue weighted by atomic mass is 19.3. The summed E-state index contributed by atoms with van der Waals surface area (Å²) in [6, 6.07) is 0. The Labute approximate surface area is 53.0 Å². The third-order valence-corrected chi connectivity index (χ3v) is 1.45. The molecule has 54 valence electrons. The number of halogens is 2. The third kappa shape index (κ3) is 1.61. The molecule has 1 nitrogen and oxygen atoms in total. The molecule has 0 amide bonds. The molecule has 9 heavy (non-hydrogen) atoms. The molecule has 0 bridgehead atoms. The Kier molecular flexibility index (Phi) is 1.70. The van der Waals surface area contributed by atoms with Gasteiger partial charge < -0.3 is 4.74 Å². The van der Waals surface area contributed by atoms with E-state index in [1.54, 1.807) is 0 Å². The van der Waals surface area contributed by atoms with Crippen LogP contribution in [0.1, 0.15) is 19.8 Å². The molecule has 0 aromatic heterocycles. The molecule has 0 saturated heterocycles. The van der Waals surface area contributed by atoms with E-state index in [9.17, 15) is 8.78 Å². The number of hydrogen-bond acceptors (Lipinski definition) is 1. The lowest BCUT2D eigenvalue weighted by Crippen LogP contribution is -2.41. The molecule has 0 atom stereocenters. The van der Waals surface area contributed by atoms with Gasteiger partial charge in [0.1, 0.15) is 0 Å². The molecule has 1 aliphatic rings. The van der Waals surface area contributed by atoms with E-state index in [0.29, 0.717) is 6.61 Å². The summed E-state index contributed by atoms with van der Waals surface area (Å²) in [4.78, 5) is 0. The van der Waals surface area contributed by atoms with E-state index in [2.05, 4.69) is 0 Å². The van der Waals surface area contributed by atoms with Gasteiger partial charge in [-0.3, -0.25) is 0 Å². The van der Waals surface area contributed by atoms with Crippen LogP contribution in [0.5, 0.6) is 0 Å². The Balaban J connectivity index is 2.12. The highest BCUT2D eigenvalue weighted by Gasteiger charge is 2.45. The summed E-state index contributed by atoms with van der Waals surface area (Å²) < 4.78 is 29.0. The number of hydrogen-bond donors (Lipinski definition) is 0. The molecule has 1 saturated carbocycles. The average Bonchev–Trinajstić information content (AvgIpc) is 1.62. The van der Waals surface area contributed by atoms with Crippen molar-refractivity contribution in [2.45, 2.75) is 31.8 Å². The highest BCUT2D eigenvalue weighted by Crippen LogP contribution is 2.39. The van der Waals surface area contributed by atoms with E-state index >= 15 is 0 Å². The Hall–Kier alpha value is -0.180. The first-order valence-corrected chi connectivity index (χ1v) is 3.13. The first kappa shape index (κ1) is 6.93. The van der Waals surface area contributed by atoms with Crippen molar-refractivity contribution in [1.82, 2.24) is 0 Å². The summed E-state index contributed by atoms with van der Waals surface area (Å²) in [5.41, 5.74) is 0.